The SMILES string of the molecule is Cn1c(-c2ccc3c4ccccc4n(-c4cccc(-c5ccc(-c6ccccc6)cn5)c4)c3c2)nc2ccccc21. The molecule has 4 nitrogen and oxygen atoms in total. The average molecular weight is 527 g/mol. The Morgan fingerprint density at radius 1 is 0.512 bits per heavy atom. The Labute approximate surface area is 237 Å². The summed E-state index contributed by atoms with van der Waals surface area (Å²) in [7, 11) is 2.09. The molecule has 0 unspecified atom stereocenters. The van der Waals surface area contributed by atoms with Crippen LogP contribution < -0.4 is 0 Å². The molecule has 0 N–H and O–H groups in total. The number of hydrogen-bond acceptors (Lipinski definition) is 2. The van der Waals surface area contributed by atoms with Gasteiger partial charge >= 0.3 is 0 Å². The second-order valence-corrected chi connectivity index (χ2v) is 10.4. The monoisotopic (exact) mass is 526 g/mol. The molecule has 8 rings (SSSR count). The van der Waals surface area contributed by atoms with Crippen LogP contribution in [0.1, 0.15) is 0 Å². The first kappa shape index (κ1) is 23.4. The molecular formula is C37H26N4. The van der Waals surface area contributed by atoms with Crippen LogP contribution in [0.2, 0.25) is 0 Å². The third-order valence-corrected chi connectivity index (χ3v) is 7.99. The molecule has 5 aromatic carbocycles. The molecule has 3 aromatic heterocycles. The van der Waals surface area contributed by atoms with E-state index in [0.717, 1.165) is 50.4 Å². The molecule has 0 saturated heterocycles. The average Bonchev–Trinajstić information content (AvgIpc) is 3.56. The van der Waals surface area contributed by atoms with Gasteiger partial charge in [0.15, 0.2) is 0 Å². The summed E-state index contributed by atoms with van der Waals surface area (Å²) >= 11 is 0. The number of nitrogens with zero attached hydrogens (tertiary/aromatic N) is 4. The predicted octanol–water partition coefficient (Wildman–Crippen LogP) is 9.07. The zero-order chi connectivity index (χ0) is 27.3. The van der Waals surface area contributed by atoms with Crippen molar-refractivity contribution in [1.82, 2.24) is 19.1 Å². The maximum Gasteiger partial charge on any atom is 0.140 e. The first-order valence-corrected chi connectivity index (χ1v) is 13.8. The van der Waals surface area contributed by atoms with Gasteiger partial charge in [0.1, 0.15) is 5.82 Å². The van der Waals surface area contributed by atoms with Gasteiger partial charge in [-0.15, -0.1) is 0 Å². The topological polar surface area (TPSA) is 35.6 Å². The smallest absolute Gasteiger partial charge is 0.140 e. The highest BCUT2D eigenvalue weighted by atomic mass is 15.1. The Hall–Kier alpha value is -5.48. The van der Waals surface area contributed by atoms with Crippen molar-refractivity contribution in [2.45, 2.75) is 0 Å². The quantitative estimate of drug-likeness (QED) is 0.229. The first-order chi connectivity index (χ1) is 20.2. The molecule has 0 spiro atoms. The van der Waals surface area contributed by atoms with Gasteiger partial charge in [0, 0.05) is 46.4 Å². The van der Waals surface area contributed by atoms with Crippen molar-refractivity contribution in [3.05, 3.63) is 140 Å². The molecule has 0 saturated carbocycles. The molecule has 194 valence electrons. The lowest BCUT2D eigenvalue weighted by Gasteiger charge is -2.11. The van der Waals surface area contributed by atoms with Gasteiger partial charge in [-0.3, -0.25) is 4.98 Å². The summed E-state index contributed by atoms with van der Waals surface area (Å²) in [6.45, 7) is 0. The number of aromatic nitrogens is 4. The molecule has 0 atom stereocenters. The second kappa shape index (κ2) is 9.32. The van der Waals surface area contributed by atoms with Crippen molar-refractivity contribution in [2.75, 3.05) is 0 Å². The fourth-order valence-electron chi connectivity index (χ4n) is 5.96. The predicted molar refractivity (Wildman–Crippen MR) is 169 cm³/mol. The molecule has 4 heteroatoms. The number of para-hydroxylation sites is 3. The van der Waals surface area contributed by atoms with Gasteiger partial charge in [0.05, 0.1) is 27.8 Å². The van der Waals surface area contributed by atoms with Crippen LogP contribution in [0.25, 0.3) is 72.3 Å². The van der Waals surface area contributed by atoms with Gasteiger partial charge in [0.2, 0.25) is 0 Å². The van der Waals surface area contributed by atoms with Crippen LogP contribution in [-0.2, 0) is 7.05 Å². The molecule has 0 amide bonds. The van der Waals surface area contributed by atoms with Crippen molar-refractivity contribution in [3.63, 3.8) is 0 Å². The third kappa shape index (κ3) is 3.84. The Balaban J connectivity index is 1.28. The van der Waals surface area contributed by atoms with Crippen molar-refractivity contribution < 1.29 is 0 Å². The van der Waals surface area contributed by atoms with Gasteiger partial charge < -0.3 is 9.13 Å². The van der Waals surface area contributed by atoms with Crippen molar-refractivity contribution in [1.29, 1.82) is 0 Å². The molecule has 0 aliphatic rings. The zero-order valence-corrected chi connectivity index (χ0v) is 22.6. The summed E-state index contributed by atoms with van der Waals surface area (Å²) in [6, 6.07) is 46.9. The van der Waals surface area contributed by atoms with Crippen LogP contribution in [0.5, 0.6) is 0 Å². The fraction of sp³-hybridized carbons (Fsp3) is 0.0270. The van der Waals surface area contributed by atoms with Gasteiger partial charge in [-0.2, -0.15) is 0 Å². The number of imidazole rings is 1. The number of benzene rings is 5. The highest BCUT2D eigenvalue weighted by Gasteiger charge is 2.16. The van der Waals surface area contributed by atoms with E-state index in [-0.39, 0.29) is 0 Å². The maximum absolute atomic E-state index is 4.97. The minimum absolute atomic E-state index is 0.952. The Morgan fingerprint density at radius 3 is 2.07 bits per heavy atom. The number of pyridine rings is 1. The fourth-order valence-corrected chi connectivity index (χ4v) is 5.96. The van der Waals surface area contributed by atoms with Gasteiger partial charge in [-0.25, -0.2) is 4.98 Å². The molecule has 0 bridgehead atoms. The summed E-state index contributed by atoms with van der Waals surface area (Å²) in [5.74, 6) is 0.960. The van der Waals surface area contributed by atoms with Crippen LogP contribution in [0.4, 0.5) is 0 Å². The molecule has 8 aromatic rings. The highest BCUT2D eigenvalue weighted by molar-refractivity contribution is 6.10. The van der Waals surface area contributed by atoms with Crippen LogP contribution in [0.15, 0.2) is 140 Å². The normalized spacial score (nSPS) is 11.5. The lowest BCUT2D eigenvalue weighted by molar-refractivity contribution is 0.959. The Morgan fingerprint density at radius 2 is 1.24 bits per heavy atom. The zero-order valence-electron chi connectivity index (χ0n) is 22.6. The Kier molecular flexibility index (Phi) is 5.32. The minimum atomic E-state index is 0.952. The van der Waals surface area contributed by atoms with E-state index < -0.39 is 0 Å². The molecule has 41 heavy (non-hydrogen) atoms. The van der Waals surface area contributed by atoms with E-state index in [9.17, 15) is 0 Å². The maximum atomic E-state index is 4.97. The number of fused-ring (bicyclic) bond motifs is 4. The minimum Gasteiger partial charge on any atom is -0.327 e. The third-order valence-electron chi connectivity index (χ3n) is 7.99. The van der Waals surface area contributed by atoms with E-state index in [1.54, 1.807) is 0 Å². The van der Waals surface area contributed by atoms with E-state index in [1.807, 2.05) is 18.3 Å². The summed E-state index contributed by atoms with van der Waals surface area (Å²) in [5, 5.41) is 2.45. The summed E-state index contributed by atoms with van der Waals surface area (Å²) < 4.78 is 4.54. The number of hydrogen-bond donors (Lipinski definition) is 0. The van der Waals surface area contributed by atoms with Gasteiger partial charge in [-0.1, -0.05) is 91.0 Å². The first-order valence-electron chi connectivity index (χ1n) is 13.8. The molecule has 3 heterocycles. The van der Waals surface area contributed by atoms with Crippen molar-refractivity contribution in [3.8, 4) is 39.5 Å². The largest absolute Gasteiger partial charge is 0.327 e. The van der Waals surface area contributed by atoms with Crippen LogP contribution in [0.3, 0.4) is 0 Å². The van der Waals surface area contributed by atoms with Crippen LogP contribution in [-0.4, -0.2) is 19.1 Å². The van der Waals surface area contributed by atoms with Gasteiger partial charge in [0.25, 0.3) is 0 Å². The standard InChI is InChI=1S/C37H26N4/c1-40-35-17-8-6-15-33(35)39-37(40)27-18-20-31-30-14-5-7-16-34(30)41(36(31)23-27)29-13-9-12-26(22-29)32-21-19-28(24-38-32)25-10-3-2-4-11-25/h2-24H,1H3. The van der Waals surface area contributed by atoms with Gasteiger partial charge in [-0.05, 0) is 48.0 Å². The molecule has 0 fully saturated rings. The molecular weight excluding hydrogens is 500 g/mol. The second-order valence-electron chi connectivity index (χ2n) is 10.4. The Bertz CT molecular complexity index is 2200. The molecule has 0 radical (unpaired) electrons. The van der Waals surface area contributed by atoms with E-state index in [2.05, 4.69) is 138 Å². The number of aryl methyl sites for hydroxylation is 1. The van der Waals surface area contributed by atoms with E-state index in [1.165, 1.54) is 21.9 Å². The number of rotatable bonds is 4. The van der Waals surface area contributed by atoms with E-state index in [4.69, 9.17) is 9.97 Å². The lowest BCUT2D eigenvalue weighted by Crippen LogP contribution is -1.96. The molecule has 0 aliphatic carbocycles. The van der Waals surface area contributed by atoms with E-state index in [0.29, 0.717) is 0 Å². The summed E-state index contributed by atoms with van der Waals surface area (Å²) in [6.07, 6.45) is 1.96. The highest BCUT2D eigenvalue weighted by Crippen LogP contribution is 2.36. The summed E-state index contributed by atoms with van der Waals surface area (Å²) in [4.78, 5) is 9.81. The van der Waals surface area contributed by atoms with Crippen LogP contribution >= 0.6 is 0 Å². The van der Waals surface area contributed by atoms with Crippen LogP contribution in [0, 0.1) is 0 Å². The van der Waals surface area contributed by atoms with E-state index >= 15 is 0 Å². The summed E-state index contributed by atoms with van der Waals surface area (Å²) in [5.41, 5.74) is 11.0. The van der Waals surface area contributed by atoms with Crippen molar-refractivity contribution in [2.24, 2.45) is 7.05 Å². The van der Waals surface area contributed by atoms with Crippen molar-refractivity contribution >= 4 is 32.8 Å². The lowest BCUT2D eigenvalue weighted by atomic mass is 10.1. The molecule has 0 aliphatic heterocycles.